The number of hydrogen-bond donors (Lipinski definition) is 0. The van der Waals surface area contributed by atoms with Crippen LogP contribution in [0.3, 0.4) is 0 Å². The lowest BCUT2D eigenvalue weighted by Gasteiger charge is -2.42. The van der Waals surface area contributed by atoms with Gasteiger partial charge in [0.15, 0.2) is 0 Å². The van der Waals surface area contributed by atoms with Gasteiger partial charge in [0.05, 0.1) is 11.3 Å². The first kappa shape index (κ1) is 22.5. The Balaban J connectivity index is 1.48. The number of halogens is 3. The molecule has 1 aromatic rings. The van der Waals surface area contributed by atoms with Gasteiger partial charge in [-0.15, -0.1) is 0 Å². The van der Waals surface area contributed by atoms with Gasteiger partial charge >= 0.3 is 6.18 Å². The minimum atomic E-state index is -4.45. The van der Waals surface area contributed by atoms with E-state index in [0.29, 0.717) is 25.2 Å². The summed E-state index contributed by atoms with van der Waals surface area (Å²) in [5, 5.41) is 0. The molecule has 6 nitrogen and oxygen atoms in total. The first-order chi connectivity index (χ1) is 14.3. The van der Waals surface area contributed by atoms with Gasteiger partial charge in [-0.1, -0.05) is 13.8 Å². The molecule has 4 rings (SSSR count). The van der Waals surface area contributed by atoms with Gasteiger partial charge in [0.2, 0.25) is 10.0 Å². The van der Waals surface area contributed by atoms with Crippen LogP contribution in [0.25, 0.3) is 0 Å². The molecule has 2 heterocycles. The maximum absolute atomic E-state index is 13.3. The second-order valence-corrected chi connectivity index (χ2v) is 11.7. The molecule has 31 heavy (non-hydrogen) atoms. The normalized spacial score (nSPS) is 31.4. The van der Waals surface area contributed by atoms with Gasteiger partial charge in [-0.05, 0) is 43.2 Å². The number of nitrogens with zero attached hydrogens (tertiary/aromatic N) is 3. The maximum Gasteiger partial charge on any atom is 0.417 e. The number of fused-ring (bicyclic) bond motifs is 2. The van der Waals surface area contributed by atoms with E-state index in [0.717, 1.165) is 18.7 Å². The number of anilines is 1. The first-order valence-electron chi connectivity index (χ1n) is 10.6. The second-order valence-electron chi connectivity index (χ2n) is 9.73. The lowest BCUT2D eigenvalue weighted by molar-refractivity contribution is -0.137. The summed E-state index contributed by atoms with van der Waals surface area (Å²) in [6.07, 6.45) is -1.68. The fourth-order valence-corrected chi connectivity index (χ4v) is 8.04. The number of rotatable bonds is 4. The quantitative estimate of drug-likeness (QED) is 0.691. The number of aromatic nitrogens is 1. The fourth-order valence-electron chi connectivity index (χ4n) is 5.75. The molecule has 0 aromatic carbocycles. The Bertz CT molecular complexity index is 978. The average Bonchev–Trinajstić information content (AvgIpc) is 3.01. The summed E-state index contributed by atoms with van der Waals surface area (Å²) in [5.74, 6) is 0.546. The van der Waals surface area contributed by atoms with E-state index in [9.17, 15) is 26.4 Å². The topological polar surface area (TPSA) is 70.6 Å². The standard InChI is InChI=1S/C21H28F3N3O3S/c1-14-12-26(8-9-27(14)18-5-4-16(11-25-18)21(22,23)24)31(29,30)13-20-7-6-15(10-17(20)28)19(20,2)3/h4-5,11,14-15H,6-10,12-13H2,1-3H3/t14?,15-,20-/m1/s1. The molecule has 0 amide bonds. The molecule has 0 N–H and O–H groups in total. The molecule has 172 valence electrons. The molecular formula is C21H28F3N3O3S. The van der Waals surface area contributed by atoms with E-state index in [-0.39, 0.29) is 42.0 Å². The SMILES string of the molecule is CC1CN(S(=O)(=O)C[C@]23CC[C@H](CC2=O)C3(C)C)CCN1c1ccc(C(F)(F)F)cn1. The monoisotopic (exact) mass is 459 g/mol. The Morgan fingerprint density at radius 3 is 2.42 bits per heavy atom. The molecule has 3 atom stereocenters. The highest BCUT2D eigenvalue weighted by atomic mass is 32.2. The van der Waals surface area contributed by atoms with Crippen LogP contribution in [-0.2, 0) is 21.0 Å². The summed E-state index contributed by atoms with van der Waals surface area (Å²) in [4.78, 5) is 18.5. The molecule has 1 aromatic heterocycles. The Morgan fingerprint density at radius 1 is 1.23 bits per heavy atom. The van der Waals surface area contributed by atoms with Crippen LogP contribution in [0.15, 0.2) is 18.3 Å². The Morgan fingerprint density at radius 2 is 1.94 bits per heavy atom. The lowest BCUT2D eigenvalue weighted by Crippen LogP contribution is -2.56. The molecule has 1 aliphatic heterocycles. The molecule has 1 unspecified atom stereocenters. The zero-order valence-electron chi connectivity index (χ0n) is 17.9. The van der Waals surface area contributed by atoms with Gasteiger partial charge in [-0.25, -0.2) is 13.4 Å². The minimum Gasteiger partial charge on any atom is -0.351 e. The van der Waals surface area contributed by atoms with Crippen LogP contribution >= 0.6 is 0 Å². The molecule has 0 radical (unpaired) electrons. The third-order valence-electron chi connectivity index (χ3n) is 7.92. The average molecular weight is 460 g/mol. The van der Waals surface area contributed by atoms with Crippen LogP contribution in [-0.4, -0.2) is 54.9 Å². The predicted octanol–water partition coefficient (Wildman–Crippen LogP) is 3.34. The van der Waals surface area contributed by atoms with Crippen LogP contribution < -0.4 is 4.90 Å². The summed E-state index contributed by atoms with van der Waals surface area (Å²) in [5.41, 5.74) is -1.95. The van der Waals surface area contributed by atoms with E-state index in [4.69, 9.17) is 0 Å². The molecule has 3 fully saturated rings. The zero-order valence-corrected chi connectivity index (χ0v) is 18.8. The zero-order chi connectivity index (χ0) is 22.8. The van der Waals surface area contributed by atoms with Crippen molar-refractivity contribution in [2.24, 2.45) is 16.7 Å². The van der Waals surface area contributed by atoms with E-state index in [1.165, 1.54) is 10.4 Å². The first-order valence-corrected chi connectivity index (χ1v) is 12.2. The molecular weight excluding hydrogens is 431 g/mol. The largest absolute Gasteiger partial charge is 0.417 e. The summed E-state index contributed by atoms with van der Waals surface area (Å²) >= 11 is 0. The molecule has 2 aliphatic carbocycles. The summed E-state index contributed by atoms with van der Waals surface area (Å²) in [7, 11) is -3.66. The summed E-state index contributed by atoms with van der Waals surface area (Å²) in [6, 6.07) is 2.05. The number of carbonyl (C=O) groups excluding carboxylic acids is 1. The van der Waals surface area contributed by atoms with Crippen molar-refractivity contribution in [2.75, 3.05) is 30.3 Å². The highest BCUT2D eigenvalue weighted by Gasteiger charge is 2.65. The number of hydrogen-bond acceptors (Lipinski definition) is 5. The van der Waals surface area contributed by atoms with Crippen molar-refractivity contribution in [2.45, 2.75) is 52.3 Å². The van der Waals surface area contributed by atoms with Gasteiger partial charge < -0.3 is 4.90 Å². The maximum atomic E-state index is 13.3. The van der Waals surface area contributed by atoms with Gasteiger partial charge in [-0.2, -0.15) is 17.5 Å². The van der Waals surface area contributed by atoms with Gasteiger partial charge in [0.25, 0.3) is 0 Å². The van der Waals surface area contributed by atoms with Crippen molar-refractivity contribution in [3.05, 3.63) is 23.9 Å². The smallest absolute Gasteiger partial charge is 0.351 e. The fraction of sp³-hybridized carbons (Fsp3) is 0.714. The third-order valence-corrected chi connectivity index (χ3v) is 9.90. The van der Waals surface area contributed by atoms with Crippen LogP contribution in [0.2, 0.25) is 0 Å². The van der Waals surface area contributed by atoms with Crippen molar-refractivity contribution in [3.63, 3.8) is 0 Å². The Kier molecular flexibility index (Phi) is 5.20. The number of piperazine rings is 1. The molecule has 0 spiro atoms. The molecule has 2 saturated carbocycles. The summed E-state index contributed by atoms with van der Waals surface area (Å²) < 4.78 is 66.4. The molecule has 2 bridgehead atoms. The van der Waals surface area contributed by atoms with Crippen molar-refractivity contribution in [1.82, 2.24) is 9.29 Å². The van der Waals surface area contributed by atoms with Crippen molar-refractivity contribution >= 4 is 21.6 Å². The van der Waals surface area contributed by atoms with E-state index >= 15 is 0 Å². The van der Waals surface area contributed by atoms with Crippen LogP contribution in [0, 0.1) is 16.7 Å². The van der Waals surface area contributed by atoms with E-state index in [2.05, 4.69) is 4.98 Å². The number of Topliss-reactive ketones (excluding diaryl/α,β-unsaturated/α-hetero) is 1. The number of pyridine rings is 1. The highest BCUT2D eigenvalue weighted by molar-refractivity contribution is 7.89. The Labute approximate surface area is 180 Å². The molecule has 3 aliphatic rings. The number of alkyl halides is 3. The van der Waals surface area contributed by atoms with Gasteiger partial charge in [0, 0.05) is 43.7 Å². The van der Waals surface area contributed by atoms with E-state index in [1.54, 1.807) is 0 Å². The molecule has 1 saturated heterocycles. The van der Waals surface area contributed by atoms with Crippen molar-refractivity contribution < 1.29 is 26.4 Å². The predicted molar refractivity (Wildman–Crippen MR) is 110 cm³/mol. The van der Waals surface area contributed by atoms with Crippen LogP contribution in [0.1, 0.15) is 45.6 Å². The molecule has 10 heteroatoms. The van der Waals surface area contributed by atoms with Crippen molar-refractivity contribution in [3.8, 4) is 0 Å². The summed E-state index contributed by atoms with van der Waals surface area (Å²) in [6.45, 7) is 6.60. The minimum absolute atomic E-state index is 0.0676. The van der Waals surface area contributed by atoms with Crippen LogP contribution in [0.5, 0.6) is 0 Å². The van der Waals surface area contributed by atoms with Gasteiger partial charge in [-0.3, -0.25) is 4.79 Å². The second kappa shape index (κ2) is 7.16. The van der Waals surface area contributed by atoms with E-state index < -0.39 is 27.2 Å². The van der Waals surface area contributed by atoms with Crippen LogP contribution in [0.4, 0.5) is 19.0 Å². The number of carbonyl (C=O) groups is 1. The lowest BCUT2D eigenvalue weighted by atomic mass is 9.70. The highest BCUT2D eigenvalue weighted by Crippen LogP contribution is 2.64. The van der Waals surface area contributed by atoms with Crippen molar-refractivity contribution in [1.29, 1.82) is 0 Å². The van der Waals surface area contributed by atoms with Gasteiger partial charge in [0.1, 0.15) is 11.6 Å². The number of sulfonamides is 1. The number of ketones is 1. The third kappa shape index (κ3) is 3.55. The van der Waals surface area contributed by atoms with E-state index in [1.807, 2.05) is 25.7 Å². The Hall–Kier alpha value is -1.68.